The summed E-state index contributed by atoms with van der Waals surface area (Å²) in [5.74, 6) is 0.611. The second kappa shape index (κ2) is 6.80. The number of para-hydroxylation sites is 1. The van der Waals surface area contributed by atoms with Gasteiger partial charge in [0.25, 0.3) is 0 Å². The molecule has 0 bridgehead atoms. The van der Waals surface area contributed by atoms with Crippen LogP contribution in [0.25, 0.3) is 0 Å². The number of amides is 1. The lowest BCUT2D eigenvalue weighted by Crippen LogP contribution is -2.40. The van der Waals surface area contributed by atoms with E-state index in [2.05, 4.69) is 9.97 Å². The zero-order valence-electron chi connectivity index (χ0n) is 13.5. The molecule has 3 aromatic rings. The number of ether oxygens (including phenoxy) is 1. The lowest BCUT2D eigenvalue weighted by Gasteiger charge is -2.29. The monoisotopic (exact) mass is 339 g/mol. The van der Waals surface area contributed by atoms with E-state index in [1.807, 2.05) is 24.3 Å². The minimum absolute atomic E-state index is 0.000466. The Balaban J connectivity index is 1.53. The van der Waals surface area contributed by atoms with Gasteiger partial charge in [-0.15, -0.1) is 0 Å². The lowest BCUT2D eigenvalue weighted by molar-refractivity contribution is -0.138. The largest absolute Gasteiger partial charge is 0.492 e. The molecule has 7 nitrogen and oxygen atoms in total. The van der Waals surface area contributed by atoms with Crippen LogP contribution in [0.5, 0.6) is 5.75 Å². The molecular weight excluding hydrogens is 322 g/mol. The second-order valence-corrected chi connectivity index (χ2v) is 5.97. The number of fused-ring (bicyclic) bond motifs is 1. The number of rotatable bonds is 5. The third kappa shape index (κ3) is 3.40. The van der Waals surface area contributed by atoms with E-state index in [4.69, 9.17) is 13.6 Å². The van der Waals surface area contributed by atoms with Crippen molar-refractivity contribution in [3.8, 4) is 5.75 Å². The van der Waals surface area contributed by atoms with Gasteiger partial charge in [-0.1, -0.05) is 18.2 Å². The maximum Gasteiger partial charge on any atom is 0.230 e. The highest BCUT2D eigenvalue weighted by Gasteiger charge is 2.30. The second-order valence-electron chi connectivity index (χ2n) is 5.97. The van der Waals surface area contributed by atoms with Crippen molar-refractivity contribution in [2.75, 3.05) is 6.61 Å². The molecule has 128 valence electrons. The third-order valence-electron chi connectivity index (χ3n) is 4.21. The highest BCUT2D eigenvalue weighted by molar-refractivity contribution is 5.79. The number of nitrogens with zero attached hydrogens (tertiary/aromatic N) is 3. The summed E-state index contributed by atoms with van der Waals surface area (Å²) in [6.07, 6.45) is 6.44. The van der Waals surface area contributed by atoms with Gasteiger partial charge in [0.1, 0.15) is 24.9 Å². The quantitative estimate of drug-likeness (QED) is 0.710. The van der Waals surface area contributed by atoms with Crippen LogP contribution in [0.2, 0.25) is 0 Å². The number of carbonyl (C=O) groups is 1. The Morgan fingerprint density at radius 1 is 1.08 bits per heavy atom. The van der Waals surface area contributed by atoms with Gasteiger partial charge < -0.3 is 18.5 Å². The van der Waals surface area contributed by atoms with Gasteiger partial charge in [0.05, 0.1) is 30.4 Å². The number of carbonyl (C=O) groups excluding carboxylic acids is 1. The Kier molecular flexibility index (Phi) is 4.20. The molecule has 0 spiro atoms. The molecule has 25 heavy (non-hydrogen) atoms. The molecule has 3 heterocycles. The van der Waals surface area contributed by atoms with Gasteiger partial charge in [0.2, 0.25) is 5.91 Å². The van der Waals surface area contributed by atoms with Crippen LogP contribution in [0.1, 0.15) is 17.0 Å². The number of oxazole rings is 2. The van der Waals surface area contributed by atoms with Crippen molar-refractivity contribution in [1.82, 2.24) is 14.9 Å². The van der Waals surface area contributed by atoms with E-state index in [0.717, 1.165) is 11.3 Å². The van der Waals surface area contributed by atoms with Crippen molar-refractivity contribution in [3.05, 3.63) is 66.5 Å². The predicted molar refractivity (Wildman–Crippen MR) is 86.4 cm³/mol. The van der Waals surface area contributed by atoms with Crippen LogP contribution in [0.15, 0.2) is 58.4 Å². The summed E-state index contributed by atoms with van der Waals surface area (Å²) >= 11 is 0. The van der Waals surface area contributed by atoms with E-state index >= 15 is 0 Å². The average molecular weight is 339 g/mol. The van der Waals surface area contributed by atoms with Gasteiger partial charge in [-0.3, -0.25) is 4.79 Å². The first kappa shape index (κ1) is 15.4. The normalized spacial score (nSPS) is 16.1. The van der Waals surface area contributed by atoms with Gasteiger partial charge in [-0.25, -0.2) is 9.97 Å². The maximum atomic E-state index is 13.1. The lowest BCUT2D eigenvalue weighted by atomic mass is 9.95. The van der Waals surface area contributed by atoms with E-state index in [1.54, 1.807) is 4.90 Å². The topological polar surface area (TPSA) is 81.6 Å². The van der Waals surface area contributed by atoms with E-state index in [1.165, 1.54) is 25.3 Å². The van der Waals surface area contributed by atoms with Crippen molar-refractivity contribution in [2.24, 2.45) is 5.92 Å². The fourth-order valence-corrected chi connectivity index (χ4v) is 2.98. The van der Waals surface area contributed by atoms with Crippen molar-refractivity contribution in [3.63, 3.8) is 0 Å². The zero-order chi connectivity index (χ0) is 17.1. The van der Waals surface area contributed by atoms with Gasteiger partial charge in [-0.05, 0) is 18.1 Å². The Bertz CT molecular complexity index is 794. The van der Waals surface area contributed by atoms with Crippen molar-refractivity contribution in [2.45, 2.75) is 19.5 Å². The number of hydrogen-bond acceptors (Lipinski definition) is 6. The van der Waals surface area contributed by atoms with Crippen molar-refractivity contribution >= 4 is 5.91 Å². The Hall–Kier alpha value is -3.09. The van der Waals surface area contributed by atoms with Gasteiger partial charge in [0.15, 0.2) is 12.8 Å². The van der Waals surface area contributed by atoms with Crippen LogP contribution in [-0.4, -0.2) is 27.4 Å². The molecule has 1 aromatic carbocycles. The molecule has 0 N–H and O–H groups in total. The van der Waals surface area contributed by atoms with Crippen LogP contribution in [0.3, 0.4) is 0 Å². The molecule has 4 rings (SSSR count). The van der Waals surface area contributed by atoms with Crippen LogP contribution in [-0.2, 0) is 24.3 Å². The first-order valence-electron chi connectivity index (χ1n) is 8.03. The zero-order valence-corrected chi connectivity index (χ0v) is 13.5. The van der Waals surface area contributed by atoms with Crippen LogP contribution in [0.4, 0.5) is 0 Å². The number of hydrogen-bond donors (Lipinski definition) is 0. The molecule has 7 heteroatoms. The van der Waals surface area contributed by atoms with E-state index in [0.29, 0.717) is 37.5 Å². The number of aromatic nitrogens is 2. The standard InChI is InChI=1S/C18H17N3O4/c22-18(14-5-13-3-1-2-4-17(13)25-8-14)21(6-15-9-23-11-19-15)7-16-10-24-12-20-16/h1-4,9-12,14H,5-8H2. The molecule has 0 aliphatic carbocycles. The molecule has 0 fully saturated rings. The van der Waals surface area contributed by atoms with Gasteiger partial charge in [-0.2, -0.15) is 0 Å². The smallest absolute Gasteiger partial charge is 0.230 e. The molecule has 0 saturated carbocycles. The van der Waals surface area contributed by atoms with Crippen LogP contribution in [0, 0.1) is 5.92 Å². The Morgan fingerprint density at radius 2 is 1.76 bits per heavy atom. The molecule has 1 atom stereocenters. The summed E-state index contributed by atoms with van der Waals surface area (Å²) in [5.41, 5.74) is 2.43. The van der Waals surface area contributed by atoms with Crippen LogP contribution >= 0.6 is 0 Å². The average Bonchev–Trinajstić information content (AvgIpc) is 3.34. The highest BCUT2D eigenvalue weighted by Crippen LogP contribution is 2.28. The minimum Gasteiger partial charge on any atom is -0.492 e. The molecule has 0 radical (unpaired) electrons. The summed E-state index contributed by atoms with van der Waals surface area (Å²) in [6, 6.07) is 7.81. The molecule has 1 amide bonds. The maximum absolute atomic E-state index is 13.1. The molecule has 1 aliphatic rings. The fraction of sp³-hybridized carbons (Fsp3) is 0.278. The SMILES string of the molecule is O=C(C1COc2ccccc2C1)N(Cc1cocn1)Cc1cocn1. The highest BCUT2D eigenvalue weighted by atomic mass is 16.5. The minimum atomic E-state index is -0.242. The van der Waals surface area contributed by atoms with E-state index in [-0.39, 0.29) is 11.8 Å². The first-order valence-corrected chi connectivity index (χ1v) is 8.03. The van der Waals surface area contributed by atoms with E-state index in [9.17, 15) is 4.79 Å². The van der Waals surface area contributed by atoms with Gasteiger partial charge >= 0.3 is 0 Å². The fourth-order valence-electron chi connectivity index (χ4n) is 2.98. The summed E-state index contributed by atoms with van der Waals surface area (Å²) in [7, 11) is 0. The van der Waals surface area contributed by atoms with Gasteiger partial charge in [0, 0.05) is 0 Å². The first-order chi connectivity index (χ1) is 12.3. The predicted octanol–water partition coefficient (Wildman–Crippen LogP) is 2.44. The number of benzene rings is 1. The summed E-state index contributed by atoms with van der Waals surface area (Å²) in [5, 5.41) is 0. The van der Waals surface area contributed by atoms with Crippen molar-refractivity contribution in [1.29, 1.82) is 0 Å². The summed E-state index contributed by atoms with van der Waals surface area (Å²) < 4.78 is 15.8. The molecule has 2 aromatic heterocycles. The molecule has 1 aliphatic heterocycles. The van der Waals surface area contributed by atoms with Crippen molar-refractivity contribution < 1.29 is 18.4 Å². The molecule has 0 saturated heterocycles. The summed E-state index contributed by atoms with van der Waals surface area (Å²) in [4.78, 5) is 23.0. The van der Waals surface area contributed by atoms with Crippen LogP contribution < -0.4 is 4.74 Å². The Labute approximate surface area is 144 Å². The molecule has 1 unspecified atom stereocenters. The summed E-state index contributed by atoms with van der Waals surface area (Å²) in [6.45, 7) is 1.06. The van der Waals surface area contributed by atoms with E-state index < -0.39 is 0 Å². The molecular formula is C18H17N3O4. The third-order valence-corrected chi connectivity index (χ3v) is 4.21. The Morgan fingerprint density at radius 3 is 2.40 bits per heavy atom.